The molecular formula is C22H22BrClN4O2. The van der Waals surface area contributed by atoms with Crippen molar-refractivity contribution < 1.29 is 9.32 Å². The highest BCUT2D eigenvalue weighted by molar-refractivity contribution is 9.10. The van der Waals surface area contributed by atoms with Gasteiger partial charge in [0.15, 0.2) is 0 Å². The molecule has 1 fully saturated rings. The van der Waals surface area contributed by atoms with Crippen LogP contribution >= 0.6 is 27.5 Å². The van der Waals surface area contributed by atoms with Crippen molar-refractivity contribution in [3.05, 3.63) is 63.4 Å². The van der Waals surface area contributed by atoms with Crippen molar-refractivity contribution in [1.82, 2.24) is 15.0 Å². The predicted octanol–water partition coefficient (Wildman–Crippen LogP) is 5.31. The number of rotatable bonds is 5. The quantitative estimate of drug-likeness (QED) is 0.526. The van der Waals surface area contributed by atoms with E-state index < -0.39 is 0 Å². The summed E-state index contributed by atoms with van der Waals surface area (Å²) in [5.74, 6) is 0.972. The molecule has 6 nitrogen and oxygen atoms in total. The van der Waals surface area contributed by atoms with Crippen LogP contribution in [0, 0.1) is 12.8 Å². The minimum Gasteiger partial charge on any atom is -0.338 e. The van der Waals surface area contributed by atoms with E-state index >= 15 is 0 Å². The van der Waals surface area contributed by atoms with Crippen LogP contribution in [-0.2, 0) is 11.3 Å². The van der Waals surface area contributed by atoms with Crippen LogP contribution in [0.1, 0.15) is 24.3 Å². The van der Waals surface area contributed by atoms with Gasteiger partial charge in [0, 0.05) is 22.3 Å². The third-order valence-electron chi connectivity index (χ3n) is 5.24. The first-order valence-corrected chi connectivity index (χ1v) is 11.0. The molecule has 0 aliphatic carbocycles. The highest BCUT2D eigenvalue weighted by Crippen LogP contribution is 2.26. The normalized spacial score (nSPS) is 17.1. The lowest BCUT2D eigenvalue weighted by molar-refractivity contribution is -0.121. The molecule has 2 aromatic carbocycles. The lowest BCUT2D eigenvalue weighted by Crippen LogP contribution is -2.40. The first kappa shape index (κ1) is 21.0. The Morgan fingerprint density at radius 3 is 2.97 bits per heavy atom. The average molecular weight is 490 g/mol. The molecule has 1 N–H and O–H groups in total. The monoisotopic (exact) mass is 488 g/mol. The maximum atomic E-state index is 12.8. The molecule has 1 unspecified atom stereocenters. The third kappa shape index (κ3) is 4.91. The van der Waals surface area contributed by atoms with E-state index in [0.717, 1.165) is 40.7 Å². The average Bonchev–Trinajstić information content (AvgIpc) is 3.19. The van der Waals surface area contributed by atoms with E-state index in [1.807, 2.05) is 43.3 Å². The van der Waals surface area contributed by atoms with E-state index in [1.165, 1.54) is 0 Å². The Hall–Kier alpha value is -2.22. The molecule has 1 atom stereocenters. The summed E-state index contributed by atoms with van der Waals surface area (Å²) in [7, 11) is 0. The largest absolute Gasteiger partial charge is 0.338 e. The van der Waals surface area contributed by atoms with Crippen molar-refractivity contribution >= 4 is 39.1 Å². The molecule has 1 amide bonds. The van der Waals surface area contributed by atoms with Crippen LogP contribution in [0.25, 0.3) is 11.4 Å². The van der Waals surface area contributed by atoms with Crippen molar-refractivity contribution in [3.8, 4) is 11.4 Å². The summed E-state index contributed by atoms with van der Waals surface area (Å²) >= 11 is 9.71. The summed E-state index contributed by atoms with van der Waals surface area (Å²) in [5, 5.41) is 7.69. The van der Waals surface area contributed by atoms with Gasteiger partial charge in [-0.25, -0.2) is 0 Å². The van der Waals surface area contributed by atoms with Gasteiger partial charge in [-0.3, -0.25) is 9.69 Å². The maximum Gasteiger partial charge on any atom is 0.241 e. The lowest BCUT2D eigenvalue weighted by Gasteiger charge is -2.30. The number of aryl methyl sites for hydroxylation is 1. The molecule has 3 aromatic rings. The van der Waals surface area contributed by atoms with Crippen molar-refractivity contribution in [2.75, 3.05) is 18.4 Å². The molecular weight excluding hydrogens is 468 g/mol. The second kappa shape index (κ2) is 9.29. The lowest BCUT2D eigenvalue weighted by atomic mass is 9.97. The fourth-order valence-electron chi connectivity index (χ4n) is 3.64. The number of carbonyl (C=O) groups excluding carboxylic acids is 1. The van der Waals surface area contributed by atoms with Crippen molar-refractivity contribution in [3.63, 3.8) is 0 Å². The smallest absolute Gasteiger partial charge is 0.241 e. The van der Waals surface area contributed by atoms with Crippen molar-refractivity contribution in [1.29, 1.82) is 0 Å². The molecule has 1 aromatic heterocycles. The Morgan fingerprint density at radius 1 is 1.33 bits per heavy atom. The van der Waals surface area contributed by atoms with E-state index in [0.29, 0.717) is 29.8 Å². The number of anilines is 1. The fourth-order valence-corrected chi connectivity index (χ4v) is 4.11. The SMILES string of the molecule is Cc1cc(NC(=O)C2CCCN(Cc3nc(-c4ccccc4Cl)no3)C2)ccc1Br. The summed E-state index contributed by atoms with van der Waals surface area (Å²) in [5.41, 5.74) is 2.65. The number of likely N-dealkylation sites (tertiary alicyclic amines) is 1. The van der Waals surface area contributed by atoms with E-state index in [-0.39, 0.29) is 11.8 Å². The number of nitrogens with one attached hydrogen (secondary N) is 1. The molecule has 0 saturated carbocycles. The van der Waals surface area contributed by atoms with Crippen LogP contribution < -0.4 is 5.32 Å². The molecule has 156 valence electrons. The molecule has 8 heteroatoms. The number of piperidine rings is 1. The molecule has 4 rings (SSSR count). The molecule has 2 heterocycles. The molecule has 0 bridgehead atoms. The van der Waals surface area contributed by atoms with E-state index in [1.54, 1.807) is 6.07 Å². The standard InChI is InChI=1S/C22H22BrClN4O2/c1-14-11-16(8-9-18(14)23)25-22(29)15-5-4-10-28(12-15)13-20-26-21(27-30-20)17-6-2-3-7-19(17)24/h2-3,6-9,11,15H,4-5,10,12-13H2,1H3,(H,25,29). The zero-order valence-electron chi connectivity index (χ0n) is 16.6. The van der Waals surface area contributed by atoms with Gasteiger partial charge in [0.1, 0.15) is 0 Å². The van der Waals surface area contributed by atoms with Crippen LogP contribution in [0.4, 0.5) is 5.69 Å². The Labute approximate surface area is 188 Å². The number of halogens is 2. The number of amides is 1. The van der Waals surface area contributed by atoms with Crippen molar-refractivity contribution in [2.24, 2.45) is 5.92 Å². The van der Waals surface area contributed by atoms with Gasteiger partial charge < -0.3 is 9.84 Å². The highest BCUT2D eigenvalue weighted by atomic mass is 79.9. The van der Waals surface area contributed by atoms with E-state index in [2.05, 4.69) is 36.3 Å². The fraction of sp³-hybridized carbons (Fsp3) is 0.318. The summed E-state index contributed by atoms with van der Waals surface area (Å²) in [6, 6.07) is 13.2. The van der Waals surface area contributed by atoms with Crippen molar-refractivity contribution in [2.45, 2.75) is 26.3 Å². The van der Waals surface area contributed by atoms with Crippen LogP contribution in [0.15, 0.2) is 51.5 Å². The zero-order valence-corrected chi connectivity index (χ0v) is 18.9. The van der Waals surface area contributed by atoms with Gasteiger partial charge in [-0.15, -0.1) is 0 Å². The first-order valence-electron chi connectivity index (χ1n) is 9.86. The number of hydrogen-bond donors (Lipinski definition) is 1. The Balaban J connectivity index is 1.38. The van der Waals surface area contributed by atoms with Crippen LogP contribution in [0.3, 0.4) is 0 Å². The van der Waals surface area contributed by atoms with E-state index in [9.17, 15) is 4.79 Å². The van der Waals surface area contributed by atoms with Gasteiger partial charge in [-0.2, -0.15) is 4.98 Å². The number of nitrogens with zero attached hydrogens (tertiary/aromatic N) is 3. The Bertz CT molecular complexity index is 1060. The highest BCUT2D eigenvalue weighted by Gasteiger charge is 2.27. The third-order valence-corrected chi connectivity index (χ3v) is 6.46. The second-order valence-electron chi connectivity index (χ2n) is 7.52. The van der Waals surface area contributed by atoms with Gasteiger partial charge >= 0.3 is 0 Å². The van der Waals surface area contributed by atoms with Crippen LogP contribution in [0.5, 0.6) is 0 Å². The molecule has 1 aliphatic rings. The molecule has 1 aliphatic heterocycles. The van der Waals surface area contributed by atoms with Gasteiger partial charge in [0.25, 0.3) is 0 Å². The van der Waals surface area contributed by atoms with Crippen LogP contribution in [0.2, 0.25) is 5.02 Å². The first-order chi connectivity index (χ1) is 14.5. The number of aromatic nitrogens is 2. The summed E-state index contributed by atoms with van der Waals surface area (Å²) in [6.07, 6.45) is 1.81. The minimum atomic E-state index is -0.0753. The molecule has 0 spiro atoms. The predicted molar refractivity (Wildman–Crippen MR) is 120 cm³/mol. The Morgan fingerprint density at radius 2 is 2.17 bits per heavy atom. The van der Waals surface area contributed by atoms with Gasteiger partial charge in [0.2, 0.25) is 17.6 Å². The molecule has 0 radical (unpaired) electrons. The zero-order chi connectivity index (χ0) is 21.1. The summed E-state index contributed by atoms with van der Waals surface area (Å²) < 4.78 is 6.45. The van der Waals surface area contributed by atoms with Gasteiger partial charge in [-0.05, 0) is 62.2 Å². The van der Waals surface area contributed by atoms with E-state index in [4.69, 9.17) is 16.1 Å². The summed E-state index contributed by atoms with van der Waals surface area (Å²) in [4.78, 5) is 19.4. The topological polar surface area (TPSA) is 71.3 Å². The summed E-state index contributed by atoms with van der Waals surface area (Å²) in [6.45, 7) is 4.07. The second-order valence-corrected chi connectivity index (χ2v) is 8.78. The van der Waals surface area contributed by atoms with Gasteiger partial charge in [0.05, 0.1) is 17.5 Å². The minimum absolute atomic E-state index is 0.0451. The maximum absolute atomic E-state index is 12.8. The number of benzene rings is 2. The molecule has 30 heavy (non-hydrogen) atoms. The number of carbonyl (C=O) groups is 1. The number of hydrogen-bond acceptors (Lipinski definition) is 5. The molecule has 1 saturated heterocycles. The van der Waals surface area contributed by atoms with Crippen LogP contribution in [-0.4, -0.2) is 34.0 Å². The van der Waals surface area contributed by atoms with Gasteiger partial charge in [-0.1, -0.05) is 44.8 Å². The Kier molecular flexibility index (Phi) is 6.51.